The van der Waals surface area contributed by atoms with Crippen molar-refractivity contribution in [3.05, 3.63) is 0 Å². The predicted molar refractivity (Wildman–Crippen MR) is 64.4 cm³/mol. The van der Waals surface area contributed by atoms with E-state index in [0.29, 0.717) is 11.7 Å². The number of hydrogen-bond acceptors (Lipinski definition) is 3. The van der Waals surface area contributed by atoms with Gasteiger partial charge in [0.15, 0.2) is 0 Å². The van der Waals surface area contributed by atoms with E-state index in [4.69, 9.17) is 5.11 Å². The van der Waals surface area contributed by atoms with Gasteiger partial charge in [0.1, 0.15) is 0 Å². The Labute approximate surface area is 96.0 Å². The maximum absolute atomic E-state index is 10.3. The summed E-state index contributed by atoms with van der Waals surface area (Å²) in [6.07, 6.45) is 3.65. The lowest BCUT2D eigenvalue weighted by molar-refractivity contribution is -0.137. The van der Waals surface area contributed by atoms with Gasteiger partial charge in [-0.15, -0.1) is 0 Å². The number of carboxylic acids is 1. The van der Waals surface area contributed by atoms with Crippen LogP contribution in [0.4, 0.5) is 0 Å². The largest absolute Gasteiger partial charge is 0.481 e. The van der Waals surface area contributed by atoms with E-state index in [1.165, 1.54) is 12.8 Å². The molecule has 2 N–H and O–H groups in total. The van der Waals surface area contributed by atoms with Gasteiger partial charge in [-0.3, -0.25) is 4.79 Å². The summed E-state index contributed by atoms with van der Waals surface area (Å²) in [7, 11) is 0. The summed E-state index contributed by atoms with van der Waals surface area (Å²) >= 11 is 1.93. The van der Waals surface area contributed by atoms with E-state index in [-0.39, 0.29) is 0 Å². The van der Waals surface area contributed by atoms with Crippen LogP contribution in [0.5, 0.6) is 0 Å². The SMILES string of the molecule is CC(SCCCC(=O)O)C1CCNCC1. The zero-order valence-electron chi connectivity index (χ0n) is 9.37. The van der Waals surface area contributed by atoms with Gasteiger partial charge in [-0.1, -0.05) is 6.92 Å². The third-order valence-corrected chi connectivity index (χ3v) is 4.40. The zero-order valence-corrected chi connectivity index (χ0v) is 10.2. The minimum atomic E-state index is -0.676. The van der Waals surface area contributed by atoms with Crippen LogP contribution in [-0.2, 0) is 4.79 Å². The molecule has 0 amide bonds. The quantitative estimate of drug-likeness (QED) is 0.686. The van der Waals surface area contributed by atoms with Crippen LogP contribution < -0.4 is 5.32 Å². The molecule has 0 aromatic rings. The van der Waals surface area contributed by atoms with E-state index in [9.17, 15) is 4.79 Å². The van der Waals surface area contributed by atoms with Crippen LogP contribution in [0.25, 0.3) is 0 Å². The standard InChI is InChI=1S/C11H21NO2S/c1-9(10-4-6-12-7-5-10)15-8-2-3-11(13)14/h9-10,12H,2-8H2,1H3,(H,13,14). The number of aliphatic carboxylic acids is 1. The van der Waals surface area contributed by atoms with Crippen molar-refractivity contribution in [1.82, 2.24) is 5.32 Å². The van der Waals surface area contributed by atoms with E-state index in [2.05, 4.69) is 12.2 Å². The maximum atomic E-state index is 10.3. The number of carbonyl (C=O) groups is 1. The third-order valence-electron chi connectivity index (χ3n) is 2.96. The Bertz CT molecular complexity index is 193. The van der Waals surface area contributed by atoms with Gasteiger partial charge < -0.3 is 10.4 Å². The molecule has 3 nitrogen and oxygen atoms in total. The van der Waals surface area contributed by atoms with Gasteiger partial charge >= 0.3 is 5.97 Å². The second-order valence-electron chi connectivity index (χ2n) is 4.16. The number of carboxylic acid groups (broad SMARTS) is 1. The van der Waals surface area contributed by atoms with Crippen molar-refractivity contribution in [3.8, 4) is 0 Å². The highest BCUT2D eigenvalue weighted by molar-refractivity contribution is 7.99. The van der Waals surface area contributed by atoms with Crippen molar-refractivity contribution < 1.29 is 9.90 Å². The van der Waals surface area contributed by atoms with Crippen LogP contribution >= 0.6 is 11.8 Å². The molecule has 0 bridgehead atoms. The molecule has 1 heterocycles. The number of nitrogens with one attached hydrogen (secondary N) is 1. The average molecular weight is 231 g/mol. The lowest BCUT2D eigenvalue weighted by atomic mass is 9.95. The van der Waals surface area contributed by atoms with Crippen molar-refractivity contribution in [2.24, 2.45) is 5.92 Å². The Balaban J connectivity index is 2.06. The number of thioether (sulfide) groups is 1. The first-order valence-corrected chi connectivity index (χ1v) is 6.79. The van der Waals surface area contributed by atoms with Gasteiger partial charge in [0.05, 0.1) is 0 Å². The highest BCUT2D eigenvalue weighted by Crippen LogP contribution is 2.26. The highest BCUT2D eigenvalue weighted by atomic mass is 32.2. The minimum absolute atomic E-state index is 0.311. The predicted octanol–water partition coefficient (Wildman–Crippen LogP) is 1.97. The first-order chi connectivity index (χ1) is 7.20. The molecule has 0 aromatic carbocycles. The van der Waals surface area contributed by atoms with Gasteiger partial charge in [0.2, 0.25) is 0 Å². The van der Waals surface area contributed by atoms with Gasteiger partial charge in [-0.2, -0.15) is 11.8 Å². The van der Waals surface area contributed by atoms with E-state index in [0.717, 1.165) is 31.2 Å². The Kier molecular flexibility index (Phi) is 6.10. The van der Waals surface area contributed by atoms with Crippen molar-refractivity contribution in [1.29, 1.82) is 0 Å². The fraction of sp³-hybridized carbons (Fsp3) is 0.909. The first kappa shape index (κ1) is 12.8. The van der Waals surface area contributed by atoms with Crippen molar-refractivity contribution in [2.45, 2.75) is 37.9 Å². The minimum Gasteiger partial charge on any atom is -0.481 e. The summed E-state index contributed by atoms with van der Waals surface area (Å²) in [5.74, 6) is 1.13. The van der Waals surface area contributed by atoms with Crippen LogP contribution in [0.1, 0.15) is 32.6 Å². The summed E-state index contributed by atoms with van der Waals surface area (Å²) < 4.78 is 0. The molecule has 0 aromatic heterocycles. The normalized spacial score (nSPS) is 20.1. The molecule has 1 atom stereocenters. The molecule has 1 aliphatic rings. The maximum Gasteiger partial charge on any atom is 0.303 e. The smallest absolute Gasteiger partial charge is 0.303 e. The summed E-state index contributed by atoms with van der Waals surface area (Å²) in [5.41, 5.74) is 0. The van der Waals surface area contributed by atoms with Crippen molar-refractivity contribution in [3.63, 3.8) is 0 Å². The van der Waals surface area contributed by atoms with Gasteiger partial charge in [0.25, 0.3) is 0 Å². The highest BCUT2D eigenvalue weighted by Gasteiger charge is 2.19. The topological polar surface area (TPSA) is 49.3 Å². The number of hydrogen-bond donors (Lipinski definition) is 2. The molecule has 15 heavy (non-hydrogen) atoms. The van der Waals surface area contributed by atoms with Crippen LogP contribution in [0.3, 0.4) is 0 Å². The van der Waals surface area contributed by atoms with Gasteiger partial charge in [0, 0.05) is 11.7 Å². The van der Waals surface area contributed by atoms with Crippen LogP contribution in [-0.4, -0.2) is 35.2 Å². The molecule has 1 unspecified atom stereocenters. The van der Waals surface area contributed by atoms with Crippen LogP contribution in [0.15, 0.2) is 0 Å². The second kappa shape index (κ2) is 7.12. The Hall–Kier alpha value is -0.220. The lowest BCUT2D eigenvalue weighted by Crippen LogP contribution is -2.31. The molecule has 1 saturated heterocycles. The van der Waals surface area contributed by atoms with Crippen LogP contribution in [0, 0.1) is 5.92 Å². The van der Waals surface area contributed by atoms with Gasteiger partial charge in [-0.05, 0) is 44.0 Å². The zero-order chi connectivity index (χ0) is 11.1. The van der Waals surface area contributed by atoms with E-state index in [1.54, 1.807) is 0 Å². The molecule has 1 aliphatic heterocycles. The summed E-state index contributed by atoms with van der Waals surface area (Å²) in [4.78, 5) is 10.3. The van der Waals surface area contributed by atoms with E-state index < -0.39 is 5.97 Å². The molecule has 1 rings (SSSR count). The molecule has 0 spiro atoms. The van der Waals surface area contributed by atoms with Crippen molar-refractivity contribution >= 4 is 17.7 Å². The molecule has 0 aliphatic carbocycles. The lowest BCUT2D eigenvalue weighted by Gasteiger charge is -2.27. The summed E-state index contributed by atoms with van der Waals surface area (Å²) in [6.45, 7) is 4.57. The fourth-order valence-corrected chi connectivity index (χ4v) is 3.17. The summed E-state index contributed by atoms with van der Waals surface area (Å²) in [5, 5.41) is 12.6. The Morgan fingerprint density at radius 3 is 2.80 bits per heavy atom. The third kappa shape index (κ3) is 5.42. The monoisotopic (exact) mass is 231 g/mol. The van der Waals surface area contributed by atoms with Crippen molar-refractivity contribution in [2.75, 3.05) is 18.8 Å². The Morgan fingerprint density at radius 1 is 1.53 bits per heavy atom. The fourth-order valence-electron chi connectivity index (χ4n) is 1.94. The molecule has 4 heteroatoms. The van der Waals surface area contributed by atoms with E-state index >= 15 is 0 Å². The van der Waals surface area contributed by atoms with E-state index in [1.807, 2.05) is 11.8 Å². The molecular formula is C11H21NO2S. The molecule has 1 fully saturated rings. The van der Waals surface area contributed by atoms with Gasteiger partial charge in [-0.25, -0.2) is 0 Å². The Morgan fingerprint density at radius 2 is 2.20 bits per heavy atom. The molecule has 0 radical (unpaired) electrons. The molecule has 0 saturated carbocycles. The molecule has 88 valence electrons. The van der Waals surface area contributed by atoms with Crippen LogP contribution in [0.2, 0.25) is 0 Å². The molecular weight excluding hydrogens is 210 g/mol. The number of rotatable bonds is 6. The number of piperidine rings is 1. The average Bonchev–Trinajstić information content (AvgIpc) is 2.25. The first-order valence-electron chi connectivity index (χ1n) is 5.74. The second-order valence-corrected chi connectivity index (χ2v) is 5.65. The summed E-state index contributed by atoms with van der Waals surface area (Å²) in [6, 6.07) is 0.